The SMILES string of the molecule is O=C1N[C@H]2[C@H](CS[C@H]2CCCCC(=O)OCCOC(=O)CCC(=O)OC(C(=O)OC2CC3CCC2[N+]32CCCC2)(c2ccccc2)c2ccccc2)N1. The van der Waals surface area contributed by atoms with Gasteiger partial charge in [0.2, 0.25) is 0 Å². The van der Waals surface area contributed by atoms with E-state index in [1.54, 1.807) is 48.5 Å². The molecule has 2 aromatic carbocycles. The predicted octanol–water partition coefficient (Wildman–Crippen LogP) is 4.52. The molecule has 2 bridgehead atoms. The Morgan fingerprint density at radius 1 is 0.792 bits per heavy atom. The van der Waals surface area contributed by atoms with Gasteiger partial charge >= 0.3 is 29.9 Å². The van der Waals surface area contributed by atoms with Gasteiger partial charge in [0.1, 0.15) is 19.3 Å². The molecule has 6 atom stereocenters. The average molecular weight is 749 g/mol. The van der Waals surface area contributed by atoms with Crippen molar-refractivity contribution in [3.8, 4) is 0 Å². The maximum Gasteiger partial charge on any atom is 0.360 e. The quantitative estimate of drug-likeness (QED) is 0.0827. The summed E-state index contributed by atoms with van der Waals surface area (Å²) in [7, 11) is 0. The van der Waals surface area contributed by atoms with E-state index in [-0.39, 0.29) is 68.7 Å². The van der Waals surface area contributed by atoms with Gasteiger partial charge in [-0.2, -0.15) is 11.8 Å². The van der Waals surface area contributed by atoms with Gasteiger partial charge in [-0.15, -0.1) is 0 Å². The lowest BCUT2D eigenvalue weighted by atomic mass is 9.85. The molecule has 5 aliphatic rings. The Hall–Kier alpha value is -4.10. The van der Waals surface area contributed by atoms with Gasteiger partial charge in [-0.05, 0) is 12.8 Å². The number of nitrogens with one attached hydrogen (secondary N) is 2. The van der Waals surface area contributed by atoms with Gasteiger partial charge in [0, 0.05) is 60.7 Å². The summed E-state index contributed by atoms with van der Waals surface area (Å²) in [5.74, 6) is -1.49. The number of hydrogen-bond acceptors (Lipinski definition) is 10. The highest BCUT2D eigenvalue weighted by Gasteiger charge is 2.62. The highest BCUT2D eigenvalue weighted by Crippen LogP contribution is 2.49. The average Bonchev–Trinajstić information content (AvgIpc) is 4.01. The van der Waals surface area contributed by atoms with Crippen molar-refractivity contribution in [1.29, 1.82) is 0 Å². The van der Waals surface area contributed by atoms with Crippen LogP contribution < -0.4 is 10.6 Å². The van der Waals surface area contributed by atoms with E-state index >= 15 is 0 Å². The number of esters is 4. The van der Waals surface area contributed by atoms with Crippen molar-refractivity contribution in [3.05, 3.63) is 71.8 Å². The normalized spacial score (nSPS) is 26.5. The highest BCUT2D eigenvalue weighted by atomic mass is 32.2. The second kappa shape index (κ2) is 16.5. The van der Waals surface area contributed by atoms with E-state index in [1.165, 1.54) is 12.8 Å². The molecule has 1 spiro atoms. The molecule has 5 saturated heterocycles. The number of quaternary nitrogens is 1. The number of urea groups is 1. The van der Waals surface area contributed by atoms with Crippen LogP contribution >= 0.6 is 11.8 Å². The van der Waals surface area contributed by atoms with Crippen LogP contribution in [0, 0.1) is 0 Å². The molecule has 5 heterocycles. The number of unbranched alkanes of at least 4 members (excludes halogenated alkanes) is 1. The number of carbonyl (C=O) groups excluding carboxylic acids is 5. The van der Waals surface area contributed by atoms with E-state index < -0.39 is 23.5 Å². The molecular weight excluding hydrogens is 699 g/mol. The maximum atomic E-state index is 14.5. The molecular formula is C40H50N3O9S+. The van der Waals surface area contributed by atoms with E-state index in [1.807, 2.05) is 23.9 Å². The van der Waals surface area contributed by atoms with Crippen LogP contribution in [0.2, 0.25) is 0 Å². The van der Waals surface area contributed by atoms with E-state index in [9.17, 15) is 24.0 Å². The van der Waals surface area contributed by atoms with Crippen LogP contribution in [-0.2, 0) is 43.7 Å². The summed E-state index contributed by atoms with van der Waals surface area (Å²) < 4.78 is 24.1. The Kier molecular flexibility index (Phi) is 11.6. The number of nitrogens with zero attached hydrogens (tertiary/aromatic N) is 1. The Balaban J connectivity index is 0.894. The minimum Gasteiger partial charge on any atom is -0.462 e. The van der Waals surface area contributed by atoms with Gasteiger partial charge in [-0.3, -0.25) is 14.4 Å². The zero-order chi connectivity index (χ0) is 36.8. The maximum absolute atomic E-state index is 14.5. The van der Waals surface area contributed by atoms with Crippen molar-refractivity contribution in [1.82, 2.24) is 10.6 Å². The first-order chi connectivity index (χ1) is 25.8. The summed E-state index contributed by atoms with van der Waals surface area (Å²) in [5, 5.41) is 6.24. The summed E-state index contributed by atoms with van der Waals surface area (Å²) >= 11 is 1.84. The monoisotopic (exact) mass is 748 g/mol. The fourth-order valence-electron chi connectivity index (χ4n) is 9.43. The Morgan fingerprint density at radius 3 is 2.11 bits per heavy atom. The van der Waals surface area contributed by atoms with Crippen LogP contribution in [-0.4, -0.2) is 102 Å². The predicted molar refractivity (Wildman–Crippen MR) is 195 cm³/mol. The molecule has 0 aliphatic carbocycles. The van der Waals surface area contributed by atoms with Crippen molar-refractivity contribution in [2.45, 2.75) is 112 Å². The summed E-state index contributed by atoms with van der Waals surface area (Å²) in [4.78, 5) is 64.5. The lowest BCUT2D eigenvalue weighted by Crippen LogP contribution is -2.52. The molecule has 2 N–H and O–H groups in total. The first-order valence-corrected chi connectivity index (χ1v) is 20.2. The number of ether oxygens (including phenoxy) is 4. The van der Waals surface area contributed by atoms with Crippen molar-refractivity contribution in [2.24, 2.45) is 0 Å². The zero-order valence-electron chi connectivity index (χ0n) is 30.1. The molecule has 12 nitrogen and oxygen atoms in total. The minimum absolute atomic E-state index is 0.0884. The summed E-state index contributed by atoms with van der Waals surface area (Å²) in [6, 6.07) is 18.8. The molecule has 2 aromatic rings. The number of benzene rings is 2. The van der Waals surface area contributed by atoms with Crippen molar-refractivity contribution >= 4 is 41.7 Å². The second-order valence-electron chi connectivity index (χ2n) is 14.9. The van der Waals surface area contributed by atoms with Crippen LogP contribution in [0.15, 0.2) is 60.7 Å². The Morgan fingerprint density at radius 2 is 1.43 bits per heavy atom. The first kappa shape index (κ1) is 37.2. The number of thioether (sulfide) groups is 1. The van der Waals surface area contributed by atoms with E-state index in [2.05, 4.69) is 10.6 Å². The lowest BCUT2D eigenvalue weighted by Gasteiger charge is -2.36. The molecule has 284 valence electrons. The van der Waals surface area contributed by atoms with Gasteiger partial charge < -0.3 is 34.1 Å². The second-order valence-corrected chi connectivity index (χ2v) is 16.2. The molecule has 0 aromatic heterocycles. The van der Waals surface area contributed by atoms with Crippen molar-refractivity contribution in [3.63, 3.8) is 0 Å². The van der Waals surface area contributed by atoms with Crippen molar-refractivity contribution < 1.29 is 47.4 Å². The van der Waals surface area contributed by atoms with Crippen LogP contribution in [0.5, 0.6) is 0 Å². The lowest BCUT2D eigenvalue weighted by molar-refractivity contribution is -0.938. The summed E-state index contributed by atoms with van der Waals surface area (Å²) in [6.07, 6.45) is 7.19. The third-order valence-corrected chi connectivity index (χ3v) is 13.4. The largest absolute Gasteiger partial charge is 0.462 e. The molecule has 0 saturated carbocycles. The molecule has 5 fully saturated rings. The van der Waals surface area contributed by atoms with Crippen LogP contribution in [0.3, 0.4) is 0 Å². The summed E-state index contributed by atoms with van der Waals surface area (Å²) in [5.41, 5.74) is -0.933. The van der Waals surface area contributed by atoms with Crippen LogP contribution in [0.25, 0.3) is 0 Å². The van der Waals surface area contributed by atoms with Gasteiger partial charge in [0.25, 0.3) is 5.60 Å². The topological polar surface area (TPSA) is 146 Å². The first-order valence-electron chi connectivity index (χ1n) is 19.2. The number of carbonyl (C=O) groups is 5. The highest BCUT2D eigenvalue weighted by molar-refractivity contribution is 8.00. The van der Waals surface area contributed by atoms with Crippen molar-refractivity contribution in [2.75, 3.05) is 32.1 Å². The van der Waals surface area contributed by atoms with E-state index in [4.69, 9.17) is 18.9 Å². The summed E-state index contributed by atoms with van der Waals surface area (Å²) in [6.45, 7) is 2.03. The number of hydrogen-bond donors (Lipinski definition) is 2. The minimum atomic E-state index is -1.86. The Bertz CT molecular complexity index is 1600. The number of rotatable bonds is 16. The molecule has 3 unspecified atom stereocenters. The van der Waals surface area contributed by atoms with Crippen LogP contribution in [0.4, 0.5) is 4.79 Å². The fraction of sp³-hybridized carbons (Fsp3) is 0.575. The molecule has 53 heavy (non-hydrogen) atoms. The molecule has 5 aliphatic heterocycles. The van der Waals surface area contributed by atoms with E-state index in [0.29, 0.717) is 28.8 Å². The van der Waals surface area contributed by atoms with Gasteiger partial charge in [0.15, 0.2) is 6.10 Å². The van der Waals surface area contributed by atoms with Gasteiger partial charge in [-0.1, -0.05) is 67.1 Å². The molecule has 0 radical (unpaired) electrons. The number of amides is 2. The third-order valence-electron chi connectivity index (χ3n) is 11.9. The standard InChI is InChI=1S/C40H49N3O9S/c44-34(16-8-7-15-33-37-30(26-53-33)41-39(48)42-37)49-23-24-50-35(45)19-20-36(46)52-40(27-11-3-1-4-12-27,28-13-5-2-6-14-28)38(47)51-32-25-29-17-18-31(32)43(29)21-9-10-22-43/h1-6,11-14,29-33,37H,7-10,15-26H2,(H-,41,42,48)/p+1/t29?,30-,31?,32?,33-,37-/m0/s1. The number of fused-ring (bicyclic) bond motifs is 1. The van der Waals surface area contributed by atoms with Crippen LogP contribution in [0.1, 0.15) is 81.8 Å². The fourth-order valence-corrected chi connectivity index (χ4v) is 11.0. The molecule has 7 rings (SSSR count). The molecule has 2 amide bonds. The van der Waals surface area contributed by atoms with Gasteiger partial charge in [0.05, 0.1) is 44.1 Å². The zero-order valence-corrected chi connectivity index (χ0v) is 30.9. The smallest absolute Gasteiger partial charge is 0.360 e. The van der Waals surface area contributed by atoms with E-state index in [0.717, 1.165) is 55.4 Å². The third kappa shape index (κ3) is 7.92. The van der Waals surface area contributed by atoms with Gasteiger partial charge in [-0.25, -0.2) is 9.59 Å². The Labute approximate surface area is 314 Å². The molecule has 13 heteroatoms.